The molecule has 0 heterocycles. The summed E-state index contributed by atoms with van der Waals surface area (Å²) in [6.07, 6.45) is 2.10. The number of hydrogen-bond acceptors (Lipinski definition) is 4. The van der Waals surface area contributed by atoms with Gasteiger partial charge in [0.15, 0.2) is 23.0 Å². The van der Waals surface area contributed by atoms with Crippen LogP contribution in [0.5, 0.6) is 11.5 Å². The predicted molar refractivity (Wildman–Crippen MR) is 176 cm³/mol. The summed E-state index contributed by atoms with van der Waals surface area (Å²) in [6.45, 7) is 0. The number of hydrogen-bond donors (Lipinski definition) is 4. The van der Waals surface area contributed by atoms with Gasteiger partial charge in [-0.3, -0.25) is 0 Å². The molecule has 0 saturated heterocycles. The maximum absolute atomic E-state index is 11.7. The SMILES string of the molecule is OC1=CC[C@@H](P(c2ccccc2)c2ccccc2)C(c2c(P(c3ccccc3)c3ccccc3)ccc(O)c2O)=C1O. The van der Waals surface area contributed by atoms with Crippen LogP contribution < -0.4 is 26.5 Å². The van der Waals surface area contributed by atoms with Gasteiger partial charge in [-0.25, -0.2) is 0 Å². The number of aliphatic hydroxyl groups excluding tert-OH is 2. The molecule has 0 radical (unpaired) electrons. The molecule has 42 heavy (non-hydrogen) atoms. The molecule has 208 valence electrons. The van der Waals surface area contributed by atoms with Crippen molar-refractivity contribution in [2.75, 3.05) is 0 Å². The molecule has 0 unspecified atom stereocenters. The maximum atomic E-state index is 11.7. The summed E-state index contributed by atoms with van der Waals surface area (Å²) in [5.41, 5.74) is 0.516. The van der Waals surface area contributed by atoms with E-state index in [1.807, 2.05) is 78.9 Å². The number of aliphatic hydroxyl groups is 2. The predicted octanol–water partition coefficient (Wildman–Crippen LogP) is 6.47. The topological polar surface area (TPSA) is 80.9 Å². The van der Waals surface area contributed by atoms with Crippen LogP contribution >= 0.6 is 15.8 Å². The average molecular weight is 589 g/mol. The normalized spacial score (nSPS) is 15.2. The molecular formula is C36H30O4P2. The molecule has 4 nitrogen and oxygen atoms in total. The van der Waals surface area contributed by atoms with Gasteiger partial charge in [-0.2, -0.15) is 0 Å². The highest BCUT2D eigenvalue weighted by Crippen LogP contribution is 2.54. The van der Waals surface area contributed by atoms with E-state index < -0.39 is 15.8 Å². The number of allylic oxidation sites excluding steroid dienone is 2. The minimum absolute atomic E-state index is 0.227. The van der Waals surface area contributed by atoms with Crippen molar-refractivity contribution in [2.24, 2.45) is 0 Å². The van der Waals surface area contributed by atoms with E-state index in [0.29, 0.717) is 17.6 Å². The second-order valence-corrected chi connectivity index (χ2v) is 14.6. The molecule has 5 aromatic carbocycles. The average Bonchev–Trinajstić information content (AvgIpc) is 3.04. The van der Waals surface area contributed by atoms with Gasteiger partial charge in [-0.05, 0) is 67.0 Å². The van der Waals surface area contributed by atoms with E-state index in [1.54, 1.807) is 6.08 Å². The second kappa shape index (κ2) is 12.2. The first-order valence-electron chi connectivity index (χ1n) is 13.7. The van der Waals surface area contributed by atoms with Crippen molar-refractivity contribution in [3.05, 3.63) is 157 Å². The molecule has 5 aromatic rings. The Morgan fingerprint density at radius 1 is 0.524 bits per heavy atom. The maximum Gasteiger partial charge on any atom is 0.165 e. The summed E-state index contributed by atoms with van der Waals surface area (Å²) in [5.74, 6) is -1.08. The Kier molecular flexibility index (Phi) is 8.11. The van der Waals surface area contributed by atoms with Gasteiger partial charge in [0, 0.05) is 16.8 Å². The fourth-order valence-electron chi connectivity index (χ4n) is 5.54. The van der Waals surface area contributed by atoms with Crippen LogP contribution in [0.1, 0.15) is 12.0 Å². The summed E-state index contributed by atoms with van der Waals surface area (Å²) in [6, 6.07) is 43.9. The van der Waals surface area contributed by atoms with Crippen molar-refractivity contribution >= 4 is 47.9 Å². The van der Waals surface area contributed by atoms with E-state index in [1.165, 1.54) is 6.07 Å². The van der Waals surface area contributed by atoms with Gasteiger partial charge in [0.2, 0.25) is 0 Å². The third-order valence-corrected chi connectivity index (χ3v) is 12.7. The Hall–Kier alpha value is -4.36. The van der Waals surface area contributed by atoms with Crippen LogP contribution in [-0.2, 0) is 0 Å². The van der Waals surface area contributed by atoms with E-state index in [0.717, 1.165) is 26.5 Å². The van der Waals surface area contributed by atoms with Crippen molar-refractivity contribution < 1.29 is 20.4 Å². The second-order valence-electron chi connectivity index (χ2n) is 9.98. The Morgan fingerprint density at radius 3 is 1.45 bits per heavy atom. The van der Waals surface area contributed by atoms with Crippen LogP contribution in [0.4, 0.5) is 0 Å². The van der Waals surface area contributed by atoms with Gasteiger partial charge >= 0.3 is 0 Å². The first kappa shape index (κ1) is 27.8. The first-order chi connectivity index (χ1) is 20.5. The smallest absolute Gasteiger partial charge is 0.165 e. The molecular weight excluding hydrogens is 558 g/mol. The molecule has 6 heteroatoms. The monoisotopic (exact) mass is 588 g/mol. The molecule has 0 aromatic heterocycles. The fourth-order valence-corrected chi connectivity index (χ4v) is 10.8. The molecule has 6 rings (SSSR count). The van der Waals surface area contributed by atoms with E-state index in [9.17, 15) is 20.4 Å². The fraction of sp³-hybridized carbons (Fsp3) is 0.0556. The highest BCUT2D eigenvalue weighted by molar-refractivity contribution is 7.80. The molecule has 0 bridgehead atoms. The summed E-state index contributed by atoms with van der Waals surface area (Å²) in [7, 11) is -2.31. The van der Waals surface area contributed by atoms with E-state index in [-0.39, 0.29) is 28.7 Å². The standard InChI is InChI=1S/C36H30O4P2/c37-29-21-23-31(41(25-13-5-1-6-14-25)26-15-7-2-8-16-26)33(35(29)39)34-32(24-22-30(38)36(34)40)42(27-17-9-3-10-18-27)28-19-11-4-12-20-28/h1-23,32,37-40H,24H2/t32-/m1/s1. The largest absolute Gasteiger partial charge is 0.504 e. The van der Waals surface area contributed by atoms with Crippen LogP contribution in [0.15, 0.2) is 151 Å². The molecule has 0 fully saturated rings. The van der Waals surface area contributed by atoms with Gasteiger partial charge in [-0.15, -0.1) is 0 Å². The number of phenols is 2. The van der Waals surface area contributed by atoms with Gasteiger partial charge in [0.25, 0.3) is 0 Å². The van der Waals surface area contributed by atoms with Crippen molar-refractivity contribution in [2.45, 2.75) is 12.1 Å². The van der Waals surface area contributed by atoms with Crippen LogP contribution in [0.3, 0.4) is 0 Å². The van der Waals surface area contributed by atoms with Crippen molar-refractivity contribution in [1.29, 1.82) is 0 Å². The van der Waals surface area contributed by atoms with Gasteiger partial charge in [0.05, 0.1) is 0 Å². The van der Waals surface area contributed by atoms with Crippen LogP contribution in [0, 0.1) is 0 Å². The minimum Gasteiger partial charge on any atom is -0.504 e. The molecule has 1 aliphatic carbocycles. The molecule has 1 aliphatic rings. The van der Waals surface area contributed by atoms with Crippen molar-refractivity contribution in [3.63, 3.8) is 0 Å². The minimum atomic E-state index is -1.21. The van der Waals surface area contributed by atoms with Crippen LogP contribution in [0.2, 0.25) is 0 Å². The summed E-state index contributed by atoms with van der Waals surface area (Å²) in [5, 5.41) is 50.2. The number of aromatic hydroxyl groups is 2. The molecule has 1 atom stereocenters. The lowest BCUT2D eigenvalue weighted by Gasteiger charge is -2.35. The van der Waals surface area contributed by atoms with Crippen LogP contribution in [-0.4, -0.2) is 26.1 Å². The summed E-state index contributed by atoms with van der Waals surface area (Å²) < 4.78 is 0. The first-order valence-corrected chi connectivity index (χ1v) is 16.5. The molecule has 0 aliphatic heterocycles. The molecule has 4 N–H and O–H groups in total. The Balaban J connectivity index is 1.64. The van der Waals surface area contributed by atoms with E-state index in [4.69, 9.17) is 0 Å². The lowest BCUT2D eigenvalue weighted by atomic mass is 9.93. The highest BCUT2D eigenvalue weighted by Gasteiger charge is 2.37. The van der Waals surface area contributed by atoms with Gasteiger partial charge in [0.1, 0.15) is 0 Å². The number of rotatable bonds is 7. The summed E-state index contributed by atoms with van der Waals surface area (Å²) >= 11 is 0. The van der Waals surface area contributed by atoms with E-state index in [2.05, 4.69) is 48.5 Å². The van der Waals surface area contributed by atoms with Gasteiger partial charge < -0.3 is 20.4 Å². The third-order valence-electron chi connectivity index (χ3n) is 7.42. The van der Waals surface area contributed by atoms with Crippen LogP contribution in [0.25, 0.3) is 5.57 Å². The zero-order valence-corrected chi connectivity index (χ0v) is 24.5. The summed E-state index contributed by atoms with van der Waals surface area (Å²) in [4.78, 5) is 0. The van der Waals surface area contributed by atoms with Gasteiger partial charge in [-0.1, -0.05) is 121 Å². The molecule has 0 amide bonds. The van der Waals surface area contributed by atoms with E-state index >= 15 is 0 Å². The third kappa shape index (κ3) is 5.32. The number of phenolic OH excluding ortho intramolecular Hbond substituents is 2. The number of benzene rings is 5. The Morgan fingerprint density at radius 2 is 0.976 bits per heavy atom. The van der Waals surface area contributed by atoms with Crippen molar-refractivity contribution in [1.82, 2.24) is 0 Å². The van der Waals surface area contributed by atoms with Crippen molar-refractivity contribution in [3.8, 4) is 11.5 Å². The quantitative estimate of drug-likeness (QED) is 0.130. The Bertz CT molecular complexity index is 1660. The highest BCUT2D eigenvalue weighted by atomic mass is 31.1. The zero-order chi connectivity index (χ0) is 29.1. The molecule has 0 spiro atoms. The zero-order valence-electron chi connectivity index (χ0n) is 22.7. The Labute approximate surface area is 248 Å². The lowest BCUT2D eigenvalue weighted by molar-refractivity contribution is 0.322. The lowest BCUT2D eigenvalue weighted by Crippen LogP contribution is -2.29. The molecule has 0 saturated carbocycles.